The molecule has 0 aliphatic rings. The minimum atomic E-state index is -0.655. The number of carbonyl (C=O) groups is 3. The van der Waals surface area contributed by atoms with E-state index >= 15 is 0 Å². The second-order valence-corrected chi connectivity index (χ2v) is 6.45. The fraction of sp³-hybridized carbons (Fsp3) is 0.286. The van der Waals surface area contributed by atoms with E-state index in [1.807, 2.05) is 19.9 Å². The molecule has 3 amide bonds. The molecule has 0 spiro atoms. The Morgan fingerprint density at radius 1 is 0.889 bits per heavy atom. The Hall–Kier alpha value is -3.15. The Morgan fingerprint density at radius 2 is 1.44 bits per heavy atom. The van der Waals surface area contributed by atoms with Crippen LogP contribution in [0.1, 0.15) is 37.6 Å². The van der Waals surface area contributed by atoms with Crippen molar-refractivity contribution in [2.75, 3.05) is 10.6 Å². The van der Waals surface area contributed by atoms with Gasteiger partial charge in [-0.3, -0.25) is 14.4 Å². The predicted octanol–water partition coefficient (Wildman–Crippen LogP) is 3.43. The molecule has 0 aliphatic heterocycles. The summed E-state index contributed by atoms with van der Waals surface area (Å²) >= 11 is 0. The van der Waals surface area contributed by atoms with Crippen molar-refractivity contribution < 1.29 is 14.4 Å². The molecule has 2 aromatic carbocycles. The summed E-state index contributed by atoms with van der Waals surface area (Å²) in [5.41, 5.74) is 1.76. The van der Waals surface area contributed by atoms with Crippen molar-refractivity contribution in [2.24, 2.45) is 5.92 Å². The minimum Gasteiger partial charge on any atom is -0.340 e. The van der Waals surface area contributed by atoms with Crippen LogP contribution >= 0.6 is 0 Å². The van der Waals surface area contributed by atoms with E-state index in [0.29, 0.717) is 16.9 Å². The highest BCUT2D eigenvalue weighted by molar-refractivity contribution is 6.01. The minimum absolute atomic E-state index is 0.0312. The van der Waals surface area contributed by atoms with E-state index in [1.165, 1.54) is 6.92 Å². The number of amides is 3. The third-order valence-electron chi connectivity index (χ3n) is 4.29. The SMILES string of the molecule is CC[C@H](C)[C@H](NC(=O)c1ccccc1)C(=O)Nc1ccc(NC(C)=O)cc1. The first-order chi connectivity index (χ1) is 12.9. The normalized spacial score (nSPS) is 12.6. The molecule has 0 aromatic heterocycles. The first-order valence-corrected chi connectivity index (χ1v) is 8.95. The molecule has 0 saturated carbocycles. The molecule has 2 atom stereocenters. The number of benzene rings is 2. The van der Waals surface area contributed by atoms with Crippen LogP contribution in [0.3, 0.4) is 0 Å². The van der Waals surface area contributed by atoms with Gasteiger partial charge in [-0.1, -0.05) is 38.5 Å². The number of rotatable bonds is 7. The maximum atomic E-state index is 12.7. The molecule has 0 aliphatic carbocycles. The molecule has 0 bridgehead atoms. The monoisotopic (exact) mass is 367 g/mol. The number of nitrogens with one attached hydrogen (secondary N) is 3. The van der Waals surface area contributed by atoms with Gasteiger partial charge in [0.2, 0.25) is 11.8 Å². The molecule has 6 heteroatoms. The van der Waals surface area contributed by atoms with E-state index in [-0.39, 0.29) is 23.6 Å². The van der Waals surface area contributed by atoms with E-state index in [1.54, 1.807) is 48.5 Å². The first-order valence-electron chi connectivity index (χ1n) is 8.95. The van der Waals surface area contributed by atoms with E-state index in [2.05, 4.69) is 16.0 Å². The fourth-order valence-corrected chi connectivity index (χ4v) is 2.58. The van der Waals surface area contributed by atoms with Crippen molar-refractivity contribution in [1.82, 2.24) is 5.32 Å². The van der Waals surface area contributed by atoms with Gasteiger partial charge >= 0.3 is 0 Å². The van der Waals surface area contributed by atoms with E-state index < -0.39 is 6.04 Å². The van der Waals surface area contributed by atoms with Gasteiger partial charge in [0.25, 0.3) is 5.91 Å². The molecule has 6 nitrogen and oxygen atoms in total. The number of hydrogen-bond donors (Lipinski definition) is 3. The summed E-state index contributed by atoms with van der Waals surface area (Å²) in [5.74, 6) is -0.749. The van der Waals surface area contributed by atoms with Crippen molar-refractivity contribution in [3.05, 3.63) is 60.2 Å². The zero-order chi connectivity index (χ0) is 19.8. The van der Waals surface area contributed by atoms with Crippen molar-refractivity contribution in [3.8, 4) is 0 Å². The smallest absolute Gasteiger partial charge is 0.251 e. The van der Waals surface area contributed by atoms with Gasteiger partial charge in [0.1, 0.15) is 6.04 Å². The van der Waals surface area contributed by atoms with Gasteiger partial charge in [-0.2, -0.15) is 0 Å². The Morgan fingerprint density at radius 3 is 1.96 bits per heavy atom. The van der Waals surface area contributed by atoms with Gasteiger partial charge in [0.15, 0.2) is 0 Å². The van der Waals surface area contributed by atoms with Gasteiger partial charge in [0, 0.05) is 23.9 Å². The van der Waals surface area contributed by atoms with Crippen LogP contribution in [0.25, 0.3) is 0 Å². The standard InChI is InChI=1S/C21H25N3O3/c1-4-14(2)19(24-20(26)16-8-6-5-7-9-16)21(27)23-18-12-10-17(11-13-18)22-15(3)25/h5-14,19H,4H2,1-3H3,(H,22,25)(H,23,27)(H,24,26)/t14-,19-/m0/s1. The van der Waals surface area contributed by atoms with Crippen LogP contribution in [0, 0.1) is 5.92 Å². The van der Waals surface area contributed by atoms with Crippen molar-refractivity contribution in [1.29, 1.82) is 0 Å². The molecular formula is C21H25N3O3. The lowest BCUT2D eigenvalue weighted by Crippen LogP contribution is -2.47. The molecule has 2 rings (SSSR count). The predicted molar refractivity (Wildman–Crippen MR) is 107 cm³/mol. The molecule has 0 saturated heterocycles. The highest BCUT2D eigenvalue weighted by atomic mass is 16.2. The van der Waals surface area contributed by atoms with Gasteiger partial charge in [-0.15, -0.1) is 0 Å². The van der Waals surface area contributed by atoms with Crippen LogP contribution in [0.4, 0.5) is 11.4 Å². The first kappa shape index (κ1) is 20.2. The Balaban J connectivity index is 2.08. The Bertz CT molecular complexity index is 788. The van der Waals surface area contributed by atoms with E-state index in [4.69, 9.17) is 0 Å². The average molecular weight is 367 g/mol. The summed E-state index contributed by atoms with van der Waals surface area (Å²) in [6.07, 6.45) is 0.745. The molecule has 2 aromatic rings. The molecule has 142 valence electrons. The zero-order valence-electron chi connectivity index (χ0n) is 15.8. The topological polar surface area (TPSA) is 87.3 Å². The lowest BCUT2D eigenvalue weighted by molar-refractivity contribution is -0.119. The van der Waals surface area contributed by atoms with Crippen molar-refractivity contribution in [2.45, 2.75) is 33.2 Å². The highest BCUT2D eigenvalue weighted by Crippen LogP contribution is 2.16. The Labute approximate surface area is 159 Å². The quantitative estimate of drug-likeness (QED) is 0.701. The molecule has 0 heterocycles. The van der Waals surface area contributed by atoms with Crippen LogP contribution in [0.15, 0.2) is 54.6 Å². The van der Waals surface area contributed by atoms with Crippen LogP contribution in [-0.4, -0.2) is 23.8 Å². The van der Waals surface area contributed by atoms with E-state index in [9.17, 15) is 14.4 Å². The molecular weight excluding hydrogens is 342 g/mol. The molecule has 0 unspecified atom stereocenters. The summed E-state index contributed by atoms with van der Waals surface area (Å²) in [5, 5.41) is 8.33. The van der Waals surface area contributed by atoms with Gasteiger partial charge in [-0.05, 0) is 42.3 Å². The second-order valence-electron chi connectivity index (χ2n) is 6.45. The van der Waals surface area contributed by atoms with Crippen LogP contribution in [-0.2, 0) is 9.59 Å². The molecule has 3 N–H and O–H groups in total. The lowest BCUT2D eigenvalue weighted by atomic mass is 9.97. The van der Waals surface area contributed by atoms with Crippen molar-refractivity contribution >= 4 is 29.1 Å². The van der Waals surface area contributed by atoms with Crippen LogP contribution in [0.5, 0.6) is 0 Å². The summed E-state index contributed by atoms with van der Waals surface area (Å²) in [6, 6.07) is 15.0. The van der Waals surface area contributed by atoms with Gasteiger partial charge in [0.05, 0.1) is 0 Å². The summed E-state index contributed by atoms with van der Waals surface area (Å²) in [4.78, 5) is 36.3. The molecule has 0 radical (unpaired) electrons. The number of anilines is 2. The number of hydrogen-bond acceptors (Lipinski definition) is 3. The molecule has 27 heavy (non-hydrogen) atoms. The summed E-state index contributed by atoms with van der Waals surface area (Å²) in [7, 11) is 0. The third kappa shape index (κ3) is 5.95. The zero-order valence-corrected chi connectivity index (χ0v) is 15.8. The summed E-state index contributed by atoms with van der Waals surface area (Å²) in [6.45, 7) is 5.33. The second kappa shape index (κ2) is 9.52. The fourth-order valence-electron chi connectivity index (χ4n) is 2.58. The maximum Gasteiger partial charge on any atom is 0.251 e. The lowest BCUT2D eigenvalue weighted by Gasteiger charge is -2.23. The molecule has 0 fully saturated rings. The number of carbonyl (C=O) groups excluding carboxylic acids is 3. The van der Waals surface area contributed by atoms with Crippen LogP contribution < -0.4 is 16.0 Å². The summed E-state index contributed by atoms with van der Waals surface area (Å²) < 4.78 is 0. The van der Waals surface area contributed by atoms with Gasteiger partial charge in [-0.25, -0.2) is 0 Å². The Kier molecular flexibility index (Phi) is 7.11. The van der Waals surface area contributed by atoms with Gasteiger partial charge < -0.3 is 16.0 Å². The van der Waals surface area contributed by atoms with E-state index in [0.717, 1.165) is 6.42 Å². The maximum absolute atomic E-state index is 12.7. The average Bonchev–Trinajstić information content (AvgIpc) is 2.67. The largest absolute Gasteiger partial charge is 0.340 e. The third-order valence-corrected chi connectivity index (χ3v) is 4.29. The van der Waals surface area contributed by atoms with Crippen molar-refractivity contribution in [3.63, 3.8) is 0 Å². The highest BCUT2D eigenvalue weighted by Gasteiger charge is 2.26. The van der Waals surface area contributed by atoms with Crippen LogP contribution in [0.2, 0.25) is 0 Å².